The number of hydrogen-bond acceptors (Lipinski definition) is 11. The topological polar surface area (TPSA) is 164 Å². The lowest BCUT2D eigenvalue weighted by atomic mass is 10.1. The number of aromatic nitrogens is 4. The number of rotatable bonds is 14. The van der Waals surface area contributed by atoms with Crippen LogP contribution < -0.4 is 10.6 Å². The Balaban J connectivity index is 0.000000493. The Kier molecular flexibility index (Phi) is 17.8. The number of ether oxygens (including phenoxy) is 2. The third kappa shape index (κ3) is 12.7. The summed E-state index contributed by atoms with van der Waals surface area (Å²) >= 11 is 8.36. The summed E-state index contributed by atoms with van der Waals surface area (Å²) in [5.74, 6) is 0.126. The van der Waals surface area contributed by atoms with Crippen LogP contribution in [0.1, 0.15) is 48.0 Å². The zero-order valence-electron chi connectivity index (χ0n) is 25.2. The van der Waals surface area contributed by atoms with Gasteiger partial charge in [0.2, 0.25) is 0 Å². The van der Waals surface area contributed by atoms with Crippen molar-refractivity contribution in [1.82, 2.24) is 24.8 Å². The number of aromatic carboxylic acids is 1. The average Bonchev–Trinajstić information content (AvgIpc) is 3.44. The molecule has 2 aromatic carbocycles. The molecule has 12 nitrogen and oxygen atoms in total. The van der Waals surface area contributed by atoms with E-state index in [1.807, 2.05) is 26.2 Å². The molecule has 0 saturated carbocycles. The van der Waals surface area contributed by atoms with Crippen LogP contribution in [0, 0.1) is 0 Å². The maximum Gasteiger partial charge on any atom is 0.336 e. The smallest absolute Gasteiger partial charge is 0.336 e. The first-order valence-electron chi connectivity index (χ1n) is 13.8. The molecule has 0 aliphatic carbocycles. The molecule has 2 aromatic heterocycles. The van der Waals surface area contributed by atoms with Gasteiger partial charge in [0.25, 0.3) is 0 Å². The van der Waals surface area contributed by atoms with Crippen molar-refractivity contribution >= 4 is 64.7 Å². The molecular weight excluding hydrogens is 735 g/mol. The summed E-state index contributed by atoms with van der Waals surface area (Å²) in [7, 11) is 1.72. The Morgan fingerprint density at radius 3 is 2.44 bits per heavy atom. The van der Waals surface area contributed by atoms with E-state index in [0.29, 0.717) is 45.4 Å². The molecule has 0 aliphatic heterocycles. The quantitative estimate of drug-likeness (QED) is 0.0751. The Hall–Kier alpha value is -2.99. The molecular formula is C30H38ClIN6O6S. The largest absolute Gasteiger partial charge is 0.478 e. The van der Waals surface area contributed by atoms with Crippen LogP contribution in [-0.2, 0) is 22.8 Å². The summed E-state index contributed by atoms with van der Waals surface area (Å²) in [5.41, 5.74) is 2.32. The van der Waals surface area contributed by atoms with Crippen LogP contribution in [0.25, 0.3) is 11.2 Å². The molecule has 1 unspecified atom stereocenters. The molecule has 0 amide bonds. The van der Waals surface area contributed by atoms with E-state index in [0.717, 1.165) is 6.54 Å². The molecule has 0 fully saturated rings. The minimum absolute atomic E-state index is 0.0765. The van der Waals surface area contributed by atoms with Crippen molar-refractivity contribution in [3.05, 3.63) is 95.3 Å². The van der Waals surface area contributed by atoms with E-state index >= 15 is 0 Å². The monoisotopic (exact) mass is 772 g/mol. The van der Waals surface area contributed by atoms with E-state index in [1.165, 1.54) is 12.4 Å². The number of halogens is 2. The van der Waals surface area contributed by atoms with Crippen LogP contribution in [0.2, 0.25) is 5.02 Å². The van der Waals surface area contributed by atoms with Gasteiger partial charge in [-0.15, -0.1) is 0 Å². The van der Waals surface area contributed by atoms with Gasteiger partial charge in [0, 0.05) is 22.7 Å². The van der Waals surface area contributed by atoms with Gasteiger partial charge in [-0.25, -0.2) is 19.7 Å². The van der Waals surface area contributed by atoms with Crippen molar-refractivity contribution in [2.45, 2.75) is 46.0 Å². The summed E-state index contributed by atoms with van der Waals surface area (Å²) < 4.78 is 13.5. The number of carbonyl (C=O) groups is 1. The number of aliphatic hydroxyl groups excluding tert-OH is 1. The highest BCUT2D eigenvalue weighted by Crippen LogP contribution is 2.22. The zero-order valence-corrected chi connectivity index (χ0v) is 28.9. The highest BCUT2D eigenvalue weighted by molar-refractivity contribution is 14.2. The standard InChI is InChI=1S/C22H27ClN6O4.C7H8O2.CH3IS/c1-4-15(9-32-10-17-16(22(30)31)7-6-8-18(17)23)33-13-29-12-27-19-20(25-11-26-21(19)29)28-14(3)24-5-2;8-7(9)6-4-2-1-3-5-6;1-3-2/h6-8,11-12,15,24H,3-5,9-10,13H2,1-2H3,(H,30,31)(H,25,26,28);1-5,7-9H;1H3. The van der Waals surface area contributed by atoms with E-state index in [1.54, 1.807) is 56.2 Å². The van der Waals surface area contributed by atoms with Crippen LogP contribution in [0.5, 0.6) is 0 Å². The van der Waals surface area contributed by atoms with E-state index < -0.39 is 12.3 Å². The molecule has 2 heterocycles. The maximum absolute atomic E-state index is 11.4. The fourth-order valence-electron chi connectivity index (χ4n) is 3.76. The summed E-state index contributed by atoms with van der Waals surface area (Å²) in [5, 5.41) is 33.0. The first kappa shape index (κ1) is 38.2. The highest BCUT2D eigenvalue weighted by atomic mass is 127. The van der Waals surface area contributed by atoms with Gasteiger partial charge in [0.1, 0.15) is 13.1 Å². The molecule has 0 aliphatic rings. The molecule has 4 aromatic rings. The molecule has 45 heavy (non-hydrogen) atoms. The van der Waals surface area contributed by atoms with Gasteiger partial charge in [0.05, 0.1) is 37.0 Å². The van der Waals surface area contributed by atoms with Crippen molar-refractivity contribution in [1.29, 1.82) is 0 Å². The normalized spacial score (nSPS) is 11.2. The van der Waals surface area contributed by atoms with Gasteiger partial charge < -0.3 is 35.4 Å². The van der Waals surface area contributed by atoms with Gasteiger partial charge in [-0.05, 0) is 52.9 Å². The second-order valence-electron chi connectivity index (χ2n) is 9.09. The molecule has 0 saturated heterocycles. The number of carboxylic acid groups (broad SMARTS) is 1. The lowest BCUT2D eigenvalue weighted by Gasteiger charge is -2.17. The summed E-state index contributed by atoms with van der Waals surface area (Å²) in [6.07, 6.45) is 4.26. The van der Waals surface area contributed by atoms with Crippen molar-refractivity contribution in [3.8, 4) is 0 Å². The zero-order chi connectivity index (χ0) is 33.2. The minimum Gasteiger partial charge on any atom is -0.478 e. The van der Waals surface area contributed by atoms with Crippen LogP contribution in [-0.4, -0.2) is 66.3 Å². The molecule has 15 heteroatoms. The second kappa shape index (κ2) is 20.9. The lowest BCUT2D eigenvalue weighted by molar-refractivity contribution is -0.0491. The number of hydrogen-bond donors (Lipinski definition) is 5. The summed E-state index contributed by atoms with van der Waals surface area (Å²) in [6.45, 7) is 9.16. The average molecular weight is 773 g/mol. The second-order valence-corrected chi connectivity index (χ2v) is 12.5. The Bertz CT molecular complexity index is 1480. The Morgan fingerprint density at radius 2 is 1.84 bits per heavy atom. The van der Waals surface area contributed by atoms with Crippen LogP contribution >= 0.6 is 41.7 Å². The summed E-state index contributed by atoms with van der Waals surface area (Å²) in [4.78, 5) is 24.4. The number of benzene rings is 2. The van der Waals surface area contributed by atoms with Gasteiger partial charge in [-0.3, -0.25) is 4.57 Å². The molecule has 0 spiro atoms. The molecule has 1 atom stereocenters. The number of nitrogens with zero attached hydrogens (tertiary/aromatic N) is 4. The van der Waals surface area contributed by atoms with Gasteiger partial charge in [0.15, 0.2) is 23.3 Å². The summed E-state index contributed by atoms with van der Waals surface area (Å²) in [6, 6.07) is 13.4. The molecule has 5 N–H and O–H groups in total. The van der Waals surface area contributed by atoms with Gasteiger partial charge >= 0.3 is 5.97 Å². The highest BCUT2D eigenvalue weighted by Gasteiger charge is 2.16. The predicted molar refractivity (Wildman–Crippen MR) is 186 cm³/mol. The first-order chi connectivity index (χ1) is 21.7. The lowest BCUT2D eigenvalue weighted by Crippen LogP contribution is -2.21. The number of carboxylic acids is 1. The van der Waals surface area contributed by atoms with Gasteiger partial charge in [-0.1, -0.05) is 70.4 Å². The molecule has 244 valence electrons. The molecule has 4 rings (SSSR count). The number of nitrogens with one attached hydrogen (secondary N) is 2. The molecule has 0 bridgehead atoms. The predicted octanol–water partition coefficient (Wildman–Crippen LogP) is 6.01. The number of anilines is 1. The van der Waals surface area contributed by atoms with Crippen molar-refractivity contribution in [2.75, 3.05) is 24.7 Å². The van der Waals surface area contributed by atoms with Crippen molar-refractivity contribution in [3.63, 3.8) is 0 Å². The van der Waals surface area contributed by atoms with Crippen LogP contribution in [0.3, 0.4) is 0 Å². The number of fused-ring (bicyclic) bond motifs is 1. The van der Waals surface area contributed by atoms with E-state index in [2.05, 4.69) is 53.4 Å². The van der Waals surface area contributed by atoms with Crippen LogP contribution in [0.15, 0.2) is 73.6 Å². The fourth-order valence-corrected chi connectivity index (χ4v) is 3.99. The van der Waals surface area contributed by atoms with Crippen LogP contribution in [0.4, 0.5) is 5.82 Å². The number of imidazole rings is 1. The third-order valence-corrected chi connectivity index (χ3v) is 6.32. The van der Waals surface area contributed by atoms with Gasteiger partial charge in [-0.2, -0.15) is 0 Å². The van der Waals surface area contributed by atoms with E-state index in [9.17, 15) is 9.90 Å². The van der Waals surface area contributed by atoms with E-state index in [-0.39, 0.29) is 31.6 Å². The third-order valence-electron chi connectivity index (χ3n) is 5.96. The van der Waals surface area contributed by atoms with Crippen molar-refractivity contribution < 1.29 is 29.6 Å². The molecule has 0 radical (unpaired) electrons. The Morgan fingerprint density at radius 1 is 1.13 bits per heavy atom. The number of aliphatic hydroxyl groups is 2. The fraction of sp³-hybridized carbons (Fsp3) is 0.333. The Labute approximate surface area is 283 Å². The van der Waals surface area contributed by atoms with Crippen molar-refractivity contribution in [2.24, 2.45) is 0 Å². The SMILES string of the molecule is C=C(NCC)Nc1ncnc2c1ncn2COC(CC)COCc1c(Cl)cccc1C(=O)O.CSI.OC(O)c1ccccc1. The van der Waals surface area contributed by atoms with E-state index in [4.69, 9.17) is 31.3 Å². The first-order valence-corrected chi connectivity index (χ1v) is 17.9. The maximum atomic E-state index is 11.4. The minimum atomic E-state index is -1.34.